The number of benzene rings is 9. The number of ether oxygens (including phenoxy) is 2. The first-order valence-corrected chi connectivity index (χ1v) is 39.8. The van der Waals surface area contributed by atoms with Crippen LogP contribution in [0.15, 0.2) is 109 Å². The predicted octanol–water partition coefficient (Wildman–Crippen LogP) is 28.0. The van der Waals surface area contributed by atoms with Crippen LogP contribution >= 0.6 is 0 Å². The van der Waals surface area contributed by atoms with E-state index in [2.05, 4.69) is 34.6 Å². The Morgan fingerprint density at radius 3 is 1.18 bits per heavy atom. The molecule has 0 N–H and O–H groups in total. The summed E-state index contributed by atoms with van der Waals surface area (Å²) in [5.74, 6) is -19.8. The van der Waals surface area contributed by atoms with Gasteiger partial charge in [-0.05, 0) is 277 Å². The summed E-state index contributed by atoms with van der Waals surface area (Å²) in [6.07, 6.45) is 23.9. The molecule has 5 aliphatic carbocycles. The molecule has 114 heavy (non-hydrogen) atoms. The summed E-state index contributed by atoms with van der Waals surface area (Å²) in [7, 11) is 0. The highest BCUT2D eigenvalue weighted by Gasteiger charge is 2.38. The third-order valence-electron chi connectivity index (χ3n) is 23.3. The van der Waals surface area contributed by atoms with Crippen molar-refractivity contribution in [2.45, 2.75) is 208 Å². The van der Waals surface area contributed by atoms with Crippen LogP contribution in [-0.2, 0) is 60.8 Å². The zero-order chi connectivity index (χ0) is 81.9. The Kier molecular flexibility index (Phi) is 29.6. The number of aryl methyl sites for hydroxylation is 2. The van der Waals surface area contributed by atoms with Gasteiger partial charge in [-0.1, -0.05) is 129 Å². The fraction of sp³-hybridized carbons (Fsp3) is 0.419. The van der Waals surface area contributed by atoms with E-state index in [1.54, 1.807) is 6.07 Å². The lowest BCUT2D eigenvalue weighted by atomic mass is 9.77. The average molecular weight is 1600 g/mol. The molecule has 1 heterocycles. The number of hydrogen-bond donors (Lipinski definition) is 0. The highest BCUT2D eigenvalue weighted by molar-refractivity contribution is 5.70. The highest BCUT2D eigenvalue weighted by Crippen LogP contribution is 2.44. The first-order valence-electron chi connectivity index (χ1n) is 39.8. The first-order chi connectivity index (χ1) is 54.6. The summed E-state index contributed by atoms with van der Waals surface area (Å²) in [6.45, 7) is 11.3. The quantitative estimate of drug-likeness (QED) is 0.0752. The molecule has 1 aliphatic heterocycles. The van der Waals surface area contributed by atoms with Gasteiger partial charge in [0.2, 0.25) is 0 Å². The largest absolute Gasteiger partial charge is 0.348 e. The van der Waals surface area contributed by atoms with Gasteiger partial charge in [0, 0.05) is 22.6 Å². The van der Waals surface area contributed by atoms with Crippen molar-refractivity contribution < 1.29 is 92.9 Å². The van der Waals surface area contributed by atoms with Crippen LogP contribution in [-0.4, -0.2) is 12.7 Å². The Labute approximate surface area is 653 Å². The van der Waals surface area contributed by atoms with E-state index in [4.69, 9.17) is 9.47 Å². The number of rotatable bonds is 15. The lowest BCUT2D eigenvalue weighted by Gasteiger charge is -2.42. The minimum atomic E-state index is -1.65. The summed E-state index contributed by atoms with van der Waals surface area (Å²) in [4.78, 5) is 0. The monoisotopic (exact) mass is 1600 g/mol. The van der Waals surface area contributed by atoms with Crippen molar-refractivity contribution in [2.24, 2.45) is 35.5 Å². The van der Waals surface area contributed by atoms with Crippen LogP contribution in [0.4, 0.5) is 83.4 Å². The smallest absolute Gasteiger partial charge is 0.194 e. The zero-order valence-electron chi connectivity index (χ0n) is 64.4. The minimum absolute atomic E-state index is 0.0254. The molecule has 2 nitrogen and oxygen atoms in total. The van der Waals surface area contributed by atoms with Gasteiger partial charge in [-0.25, -0.2) is 83.4 Å². The summed E-state index contributed by atoms with van der Waals surface area (Å²) in [5, 5.41) is 0. The van der Waals surface area contributed by atoms with E-state index in [-0.39, 0.29) is 39.5 Å². The summed E-state index contributed by atoms with van der Waals surface area (Å²) in [5.41, 5.74) is 7.95. The predicted molar refractivity (Wildman–Crippen MR) is 404 cm³/mol. The maximum Gasteiger partial charge on any atom is 0.194 e. The van der Waals surface area contributed by atoms with Gasteiger partial charge in [-0.15, -0.1) is 0 Å². The van der Waals surface area contributed by atoms with Crippen molar-refractivity contribution in [2.75, 3.05) is 6.61 Å². The van der Waals surface area contributed by atoms with Crippen molar-refractivity contribution in [1.29, 1.82) is 0 Å². The number of hydrogen-bond acceptors (Lipinski definition) is 2. The Hall–Kier alpha value is -8.43. The molecule has 0 aromatic heterocycles. The molecule has 0 radical (unpaired) electrons. The van der Waals surface area contributed by atoms with Crippen LogP contribution < -0.4 is 0 Å². The van der Waals surface area contributed by atoms with Gasteiger partial charge >= 0.3 is 0 Å². The Morgan fingerprint density at radius 1 is 0.289 bits per heavy atom. The van der Waals surface area contributed by atoms with Gasteiger partial charge < -0.3 is 9.47 Å². The van der Waals surface area contributed by atoms with Gasteiger partial charge in [0.05, 0.1) is 18.3 Å². The van der Waals surface area contributed by atoms with Crippen molar-refractivity contribution in [1.82, 2.24) is 0 Å². The second-order valence-electron chi connectivity index (χ2n) is 31.3. The van der Waals surface area contributed by atoms with E-state index in [1.807, 2.05) is 24.3 Å². The van der Waals surface area contributed by atoms with E-state index in [9.17, 15) is 83.4 Å². The summed E-state index contributed by atoms with van der Waals surface area (Å²) >= 11 is 0. The molecule has 8 atom stereocenters. The fourth-order valence-electron chi connectivity index (χ4n) is 17.5. The van der Waals surface area contributed by atoms with E-state index in [1.165, 1.54) is 55.0 Å². The molecule has 0 bridgehead atoms. The molecule has 0 amide bonds. The van der Waals surface area contributed by atoms with Gasteiger partial charge in [0.1, 0.15) is 23.3 Å². The second kappa shape index (κ2) is 39.0. The SMILES string of the molecule is CCCC1CCC2OC(c3cc(F)c(F)c(F)c3)OCC2C1.CCCC1CCc2c(cc(F)c(-c3cc(F)c(F)c(F)c3)c2F)C1.CCCC1CCc2c(ccc(-c3cc(F)c(F)c(F)c3)c2F)C1.CCCC1CCc2cc(-c3cc(F)c(F)c(F)c3)c(F)cc2C1.CCCC1CCc2cc(-c3cc(F)c(F)c(F)c3)ccc2C1. The maximum absolute atomic E-state index is 14.8. The standard InChI is InChI=1S/C19H17F5.2C19H18F4.C19H19F3.C17H21F3O2/c1-2-3-10-4-5-13-11(6-10)7-14(20)17(18(13)23)12-8-15(21)19(24)16(22)9-12;1-2-3-11-4-6-14-12(8-11)5-7-15(18(14)22)13-9-16(20)19(23)17(21)10-13;1-2-3-11-4-5-12-7-15(16(20)8-13(12)6-11)14-9-17(21)19(23)18(22)10-14;1-2-3-12-4-5-14-9-15(7-6-13(14)8-12)16-10-17(20)19(22)18(21)11-16;1-2-3-10-4-5-15-12(6-10)9-21-17(22-15)11-7-13(18)16(20)14(19)8-11/h7-10H,2-6H2,1H3;5,7,9-11H,2-4,6,8H2,1H3;7-11H,2-6H2,1H3;6-7,9-12H,2-5,8H2,1H3;7-8,10,12,15,17H,2-6,9H2,1H3. The van der Waals surface area contributed by atoms with Crippen LogP contribution in [0.1, 0.15) is 200 Å². The molecule has 9 aromatic rings. The fourth-order valence-corrected chi connectivity index (χ4v) is 17.5. The Balaban J connectivity index is 0.000000141. The first kappa shape index (κ1) is 86.4. The topological polar surface area (TPSA) is 18.5 Å². The number of halogens is 19. The van der Waals surface area contributed by atoms with Crippen LogP contribution in [0.5, 0.6) is 0 Å². The van der Waals surface area contributed by atoms with Crippen molar-refractivity contribution in [3.05, 3.63) is 270 Å². The normalized spacial score (nSPS) is 20.0. The van der Waals surface area contributed by atoms with Crippen molar-refractivity contribution in [3.8, 4) is 44.5 Å². The molecule has 21 heteroatoms. The molecule has 2 fully saturated rings. The van der Waals surface area contributed by atoms with E-state index in [0.29, 0.717) is 83.9 Å². The average Bonchev–Trinajstić information content (AvgIpc) is 0.773. The van der Waals surface area contributed by atoms with E-state index < -0.39 is 122 Å². The number of fused-ring (bicyclic) bond motifs is 5. The molecule has 1 saturated heterocycles. The molecule has 0 spiro atoms. The van der Waals surface area contributed by atoms with Gasteiger partial charge in [-0.3, -0.25) is 0 Å². The molecule has 8 unspecified atom stereocenters. The zero-order valence-corrected chi connectivity index (χ0v) is 64.4. The van der Waals surface area contributed by atoms with Crippen LogP contribution in [0.25, 0.3) is 44.5 Å². The molecule has 610 valence electrons. The third kappa shape index (κ3) is 20.5. The third-order valence-corrected chi connectivity index (χ3v) is 23.3. The van der Waals surface area contributed by atoms with Gasteiger partial charge in [0.15, 0.2) is 93.5 Å². The van der Waals surface area contributed by atoms with Gasteiger partial charge in [0.25, 0.3) is 0 Å². The minimum Gasteiger partial charge on any atom is -0.348 e. The highest BCUT2D eigenvalue weighted by atomic mass is 19.2. The van der Waals surface area contributed by atoms with Crippen molar-refractivity contribution in [3.63, 3.8) is 0 Å². The molecular formula is C93H93F19O2. The lowest BCUT2D eigenvalue weighted by molar-refractivity contribution is -0.252. The molecule has 15 rings (SSSR count). The van der Waals surface area contributed by atoms with E-state index >= 15 is 0 Å². The molecule has 1 saturated carbocycles. The van der Waals surface area contributed by atoms with Gasteiger partial charge in [-0.2, -0.15) is 0 Å². The van der Waals surface area contributed by atoms with E-state index in [0.717, 1.165) is 198 Å². The summed E-state index contributed by atoms with van der Waals surface area (Å²) < 4.78 is 269. The van der Waals surface area contributed by atoms with Crippen molar-refractivity contribution >= 4 is 0 Å². The Bertz CT molecular complexity index is 4700. The maximum atomic E-state index is 14.8. The lowest BCUT2D eigenvalue weighted by Crippen LogP contribution is -2.40. The molecule has 9 aromatic carbocycles. The summed E-state index contributed by atoms with van der Waals surface area (Å²) in [6, 6.07) is 22.3. The second-order valence-corrected chi connectivity index (χ2v) is 31.3. The Morgan fingerprint density at radius 2 is 0.684 bits per heavy atom. The van der Waals surface area contributed by atoms with Crippen LogP contribution in [0.3, 0.4) is 0 Å². The van der Waals surface area contributed by atoms with Crippen LogP contribution in [0.2, 0.25) is 0 Å². The molecule has 6 aliphatic rings. The van der Waals surface area contributed by atoms with Crippen LogP contribution in [0, 0.1) is 146 Å². The molecular weight excluding hydrogens is 1510 g/mol.